The summed E-state index contributed by atoms with van der Waals surface area (Å²) in [6, 6.07) is 0.959. The highest BCUT2D eigenvalue weighted by Gasteiger charge is 2.27. The molecule has 2 aliphatic rings. The Labute approximate surface area is 93.8 Å². The van der Waals surface area contributed by atoms with Crippen LogP contribution < -0.4 is 11.5 Å². The van der Waals surface area contributed by atoms with Crippen LogP contribution in [0.1, 0.15) is 57.8 Å². The van der Waals surface area contributed by atoms with Crippen molar-refractivity contribution in [1.82, 2.24) is 0 Å². The molecule has 4 N–H and O–H groups in total. The lowest BCUT2D eigenvalue weighted by Gasteiger charge is -2.34. The molecule has 2 aliphatic carbocycles. The molecule has 2 rings (SSSR count). The summed E-state index contributed by atoms with van der Waals surface area (Å²) in [7, 11) is 0. The Balaban J connectivity index is 1.79. The van der Waals surface area contributed by atoms with E-state index in [4.69, 9.17) is 11.5 Å². The zero-order chi connectivity index (χ0) is 10.7. The van der Waals surface area contributed by atoms with Gasteiger partial charge in [0.15, 0.2) is 0 Å². The minimum atomic E-state index is 0.476. The van der Waals surface area contributed by atoms with E-state index >= 15 is 0 Å². The molecule has 88 valence electrons. The van der Waals surface area contributed by atoms with Crippen LogP contribution in [-0.4, -0.2) is 12.1 Å². The summed E-state index contributed by atoms with van der Waals surface area (Å²) in [5, 5.41) is 0. The van der Waals surface area contributed by atoms with Gasteiger partial charge in [0.05, 0.1) is 0 Å². The third-order valence-corrected chi connectivity index (χ3v) is 4.43. The van der Waals surface area contributed by atoms with Gasteiger partial charge in [-0.05, 0) is 43.9 Å². The number of nitrogens with two attached hydrogens (primary N) is 2. The highest BCUT2D eigenvalue weighted by atomic mass is 14.7. The first-order valence-corrected chi connectivity index (χ1v) is 6.77. The summed E-state index contributed by atoms with van der Waals surface area (Å²) < 4.78 is 0. The fourth-order valence-electron chi connectivity index (χ4n) is 3.50. The molecule has 0 amide bonds. The third-order valence-electron chi connectivity index (χ3n) is 4.43. The first kappa shape index (κ1) is 11.4. The average Bonchev–Trinajstić information content (AvgIpc) is 2.22. The van der Waals surface area contributed by atoms with E-state index in [9.17, 15) is 0 Å². The summed E-state index contributed by atoms with van der Waals surface area (Å²) in [6.07, 6.45) is 12.0. The SMILES string of the molecule is NC1CCCC(CC2CCCCC2N)C1. The maximum atomic E-state index is 6.20. The summed E-state index contributed by atoms with van der Waals surface area (Å²) in [5.74, 6) is 1.68. The fourth-order valence-corrected chi connectivity index (χ4v) is 3.50. The number of hydrogen-bond acceptors (Lipinski definition) is 2. The molecule has 15 heavy (non-hydrogen) atoms. The molecule has 0 saturated heterocycles. The molecule has 0 heterocycles. The van der Waals surface area contributed by atoms with Crippen LogP contribution in [0.4, 0.5) is 0 Å². The zero-order valence-corrected chi connectivity index (χ0v) is 9.83. The minimum absolute atomic E-state index is 0.476. The number of rotatable bonds is 2. The van der Waals surface area contributed by atoms with Gasteiger partial charge in [-0.2, -0.15) is 0 Å². The van der Waals surface area contributed by atoms with E-state index in [0.717, 1.165) is 11.8 Å². The predicted molar refractivity (Wildman–Crippen MR) is 64.5 cm³/mol. The van der Waals surface area contributed by atoms with E-state index in [2.05, 4.69) is 0 Å². The highest BCUT2D eigenvalue weighted by molar-refractivity contribution is 4.83. The lowest BCUT2D eigenvalue weighted by atomic mass is 9.75. The van der Waals surface area contributed by atoms with Crippen LogP contribution in [0.5, 0.6) is 0 Å². The second kappa shape index (κ2) is 5.31. The van der Waals surface area contributed by atoms with Gasteiger partial charge in [-0.3, -0.25) is 0 Å². The Bertz CT molecular complexity index is 193. The van der Waals surface area contributed by atoms with Gasteiger partial charge < -0.3 is 11.5 Å². The first-order chi connectivity index (χ1) is 7.25. The molecule has 4 atom stereocenters. The molecule has 0 aromatic rings. The van der Waals surface area contributed by atoms with E-state index in [0.29, 0.717) is 12.1 Å². The molecule has 2 fully saturated rings. The quantitative estimate of drug-likeness (QED) is 0.735. The Hall–Kier alpha value is -0.0800. The van der Waals surface area contributed by atoms with Crippen LogP contribution in [0, 0.1) is 11.8 Å². The predicted octanol–water partition coefficient (Wildman–Crippen LogP) is 2.41. The molecule has 2 saturated carbocycles. The van der Waals surface area contributed by atoms with Crippen LogP contribution in [0.25, 0.3) is 0 Å². The lowest BCUT2D eigenvalue weighted by molar-refractivity contribution is 0.211. The second-order valence-corrected chi connectivity index (χ2v) is 5.74. The minimum Gasteiger partial charge on any atom is -0.328 e. The summed E-state index contributed by atoms with van der Waals surface area (Å²) >= 11 is 0. The van der Waals surface area contributed by atoms with Gasteiger partial charge in [0.25, 0.3) is 0 Å². The van der Waals surface area contributed by atoms with Crippen LogP contribution in [0.3, 0.4) is 0 Å². The molecule has 2 heteroatoms. The molecule has 4 unspecified atom stereocenters. The van der Waals surface area contributed by atoms with Gasteiger partial charge in [-0.1, -0.05) is 25.7 Å². The normalized spacial score (nSPS) is 42.8. The van der Waals surface area contributed by atoms with Gasteiger partial charge in [-0.15, -0.1) is 0 Å². The maximum Gasteiger partial charge on any atom is 0.00672 e. The Morgan fingerprint density at radius 1 is 0.867 bits per heavy atom. The van der Waals surface area contributed by atoms with Gasteiger partial charge in [-0.25, -0.2) is 0 Å². The Morgan fingerprint density at radius 3 is 2.40 bits per heavy atom. The topological polar surface area (TPSA) is 52.0 Å². The van der Waals surface area contributed by atoms with Crippen molar-refractivity contribution in [2.24, 2.45) is 23.3 Å². The second-order valence-electron chi connectivity index (χ2n) is 5.74. The first-order valence-electron chi connectivity index (χ1n) is 6.77. The molecule has 0 radical (unpaired) electrons. The summed E-state index contributed by atoms with van der Waals surface area (Å²) in [5.41, 5.74) is 12.2. The zero-order valence-electron chi connectivity index (χ0n) is 9.83. The van der Waals surface area contributed by atoms with Gasteiger partial charge in [0.1, 0.15) is 0 Å². The van der Waals surface area contributed by atoms with Crippen LogP contribution >= 0.6 is 0 Å². The van der Waals surface area contributed by atoms with Crippen molar-refractivity contribution >= 4 is 0 Å². The molecule has 0 aromatic carbocycles. The monoisotopic (exact) mass is 210 g/mol. The van der Waals surface area contributed by atoms with E-state index in [1.54, 1.807) is 0 Å². The molecule has 0 aromatic heterocycles. The van der Waals surface area contributed by atoms with Crippen molar-refractivity contribution in [1.29, 1.82) is 0 Å². The van der Waals surface area contributed by atoms with Crippen LogP contribution in [-0.2, 0) is 0 Å². The summed E-state index contributed by atoms with van der Waals surface area (Å²) in [6.45, 7) is 0. The summed E-state index contributed by atoms with van der Waals surface area (Å²) in [4.78, 5) is 0. The molecular formula is C13H26N2. The molecule has 0 aliphatic heterocycles. The number of hydrogen-bond donors (Lipinski definition) is 2. The standard InChI is InChI=1S/C13H26N2/c14-12-6-3-4-10(9-12)8-11-5-1-2-7-13(11)15/h10-13H,1-9,14-15H2. The molecule has 0 bridgehead atoms. The van der Waals surface area contributed by atoms with Crippen molar-refractivity contribution in [2.75, 3.05) is 0 Å². The lowest BCUT2D eigenvalue weighted by Crippen LogP contribution is -2.36. The van der Waals surface area contributed by atoms with Crippen molar-refractivity contribution in [3.8, 4) is 0 Å². The van der Waals surface area contributed by atoms with Crippen LogP contribution in [0.2, 0.25) is 0 Å². The highest BCUT2D eigenvalue weighted by Crippen LogP contribution is 2.34. The smallest absolute Gasteiger partial charge is 0.00672 e. The third kappa shape index (κ3) is 3.18. The van der Waals surface area contributed by atoms with E-state index in [1.807, 2.05) is 0 Å². The molecular weight excluding hydrogens is 184 g/mol. The maximum absolute atomic E-state index is 6.20. The van der Waals surface area contributed by atoms with Crippen molar-refractivity contribution in [3.63, 3.8) is 0 Å². The van der Waals surface area contributed by atoms with Crippen molar-refractivity contribution in [3.05, 3.63) is 0 Å². The van der Waals surface area contributed by atoms with Crippen LogP contribution in [0.15, 0.2) is 0 Å². The van der Waals surface area contributed by atoms with Gasteiger partial charge in [0, 0.05) is 12.1 Å². The van der Waals surface area contributed by atoms with E-state index in [1.165, 1.54) is 57.8 Å². The van der Waals surface area contributed by atoms with E-state index in [-0.39, 0.29) is 0 Å². The molecule has 2 nitrogen and oxygen atoms in total. The largest absolute Gasteiger partial charge is 0.328 e. The Kier molecular flexibility index (Phi) is 4.04. The fraction of sp³-hybridized carbons (Fsp3) is 1.00. The average molecular weight is 210 g/mol. The van der Waals surface area contributed by atoms with E-state index < -0.39 is 0 Å². The molecule has 0 spiro atoms. The van der Waals surface area contributed by atoms with Gasteiger partial charge >= 0.3 is 0 Å². The van der Waals surface area contributed by atoms with Crippen molar-refractivity contribution in [2.45, 2.75) is 69.9 Å². The Morgan fingerprint density at radius 2 is 1.67 bits per heavy atom. The van der Waals surface area contributed by atoms with Crippen molar-refractivity contribution < 1.29 is 0 Å². The van der Waals surface area contributed by atoms with Gasteiger partial charge in [0.2, 0.25) is 0 Å².